The number of fused-ring (bicyclic) bond motifs is 13. The van der Waals surface area contributed by atoms with Gasteiger partial charge in [0.25, 0.3) is 6.71 Å². The summed E-state index contributed by atoms with van der Waals surface area (Å²) in [5, 5.41) is 4.15. The zero-order valence-corrected chi connectivity index (χ0v) is 45.0. The maximum Gasteiger partial charge on any atom is 0.252 e. The third-order valence-corrected chi connectivity index (χ3v) is 20.5. The summed E-state index contributed by atoms with van der Waals surface area (Å²) >= 11 is 0. The van der Waals surface area contributed by atoms with Crippen LogP contribution in [0.4, 0.5) is 0 Å². The third-order valence-electron chi connectivity index (χ3n) is 20.5. The monoisotopic (exact) mass is 957 g/mol. The van der Waals surface area contributed by atoms with Crippen LogP contribution in [-0.4, -0.2) is 15.8 Å². The molecule has 0 N–H and O–H groups in total. The molecule has 0 saturated heterocycles. The van der Waals surface area contributed by atoms with E-state index in [1.807, 2.05) is 0 Å². The summed E-state index contributed by atoms with van der Waals surface area (Å²) in [7, 11) is 0. The minimum absolute atomic E-state index is 0.0419. The Morgan fingerprint density at radius 2 is 0.959 bits per heavy atom. The number of aryl methyl sites for hydroxylation is 2. The van der Waals surface area contributed by atoms with Crippen LogP contribution >= 0.6 is 0 Å². The molecule has 2 aromatic heterocycles. The van der Waals surface area contributed by atoms with E-state index in [-0.39, 0.29) is 28.4 Å². The molecule has 6 aliphatic rings. The lowest BCUT2D eigenvalue weighted by Crippen LogP contribution is -2.60. The van der Waals surface area contributed by atoms with Gasteiger partial charge in [-0.25, -0.2) is 0 Å². The van der Waals surface area contributed by atoms with Gasteiger partial charge in [-0.05, 0) is 179 Å². The summed E-state index contributed by atoms with van der Waals surface area (Å²) in [6.45, 7) is 24.5. The van der Waals surface area contributed by atoms with Gasteiger partial charge in [0, 0.05) is 44.1 Å². The number of para-hydroxylation sites is 1. The lowest BCUT2D eigenvalue weighted by atomic mass is 9.33. The first-order valence-corrected chi connectivity index (χ1v) is 28.1. The van der Waals surface area contributed by atoms with Crippen molar-refractivity contribution in [3.63, 3.8) is 0 Å². The van der Waals surface area contributed by atoms with Gasteiger partial charge < -0.3 is 9.13 Å². The van der Waals surface area contributed by atoms with Crippen LogP contribution in [0.3, 0.4) is 0 Å². The van der Waals surface area contributed by atoms with Crippen molar-refractivity contribution in [1.29, 1.82) is 0 Å². The van der Waals surface area contributed by atoms with Crippen molar-refractivity contribution in [3.8, 4) is 44.9 Å². The SMILES string of the molecule is CCc1cc2c3c(c1)c1cc(CC)cc4c1n3-c1c(ccc3c1B2c1cccc2c(-c5ccc6c(c5)C(C)(C)CCC6(C)C)c(-c5ccc6c(c5)C(C)(C)CCC6(C)C)n-3c12)C41c2ccccc2-c2ccccc21. The lowest BCUT2D eigenvalue weighted by molar-refractivity contribution is 0.332. The highest BCUT2D eigenvalue weighted by Crippen LogP contribution is 2.62. The minimum Gasteiger partial charge on any atom is -0.310 e. The van der Waals surface area contributed by atoms with Crippen molar-refractivity contribution < 1.29 is 0 Å². The van der Waals surface area contributed by atoms with Crippen molar-refractivity contribution in [2.45, 2.75) is 135 Å². The number of hydrogen-bond acceptors (Lipinski definition) is 0. The molecule has 0 saturated carbocycles. The quantitative estimate of drug-likeness (QED) is 0.156. The van der Waals surface area contributed by atoms with Gasteiger partial charge in [0.05, 0.1) is 16.6 Å². The fourth-order valence-corrected chi connectivity index (χ4v) is 16.5. The Morgan fingerprint density at radius 3 is 1.59 bits per heavy atom. The minimum atomic E-state index is -0.501. The van der Waals surface area contributed by atoms with Crippen molar-refractivity contribution in [2.75, 3.05) is 0 Å². The third kappa shape index (κ3) is 5.06. The maximum atomic E-state index is 2.79. The van der Waals surface area contributed by atoms with Gasteiger partial charge in [0.2, 0.25) is 0 Å². The Balaban J connectivity index is 1.10. The molecule has 0 atom stereocenters. The summed E-state index contributed by atoms with van der Waals surface area (Å²) in [4.78, 5) is 0. The molecular formula is C71H65BN2. The summed E-state index contributed by atoms with van der Waals surface area (Å²) in [6, 6.07) is 57.0. The number of hydrogen-bond donors (Lipinski definition) is 0. The highest BCUT2D eigenvalue weighted by molar-refractivity contribution is 7.00. The molecule has 8 aromatic carbocycles. The molecule has 3 aliphatic carbocycles. The predicted octanol–water partition coefficient (Wildman–Crippen LogP) is 15.7. The number of aromatic nitrogens is 2. The van der Waals surface area contributed by atoms with E-state index < -0.39 is 5.41 Å². The molecule has 10 aromatic rings. The normalized spacial score (nSPS) is 18.5. The molecule has 3 heteroatoms. The van der Waals surface area contributed by atoms with Crippen LogP contribution in [0.25, 0.3) is 77.6 Å². The molecule has 0 unspecified atom stereocenters. The number of benzene rings is 8. The molecule has 2 nitrogen and oxygen atoms in total. The summed E-state index contributed by atoms with van der Waals surface area (Å²) in [5.41, 5.74) is 33.6. The molecular weight excluding hydrogens is 892 g/mol. The Hall–Kier alpha value is -6.84. The zero-order chi connectivity index (χ0) is 50.3. The van der Waals surface area contributed by atoms with Crippen LogP contribution in [0.2, 0.25) is 0 Å². The zero-order valence-electron chi connectivity index (χ0n) is 45.0. The van der Waals surface area contributed by atoms with Crippen LogP contribution in [0, 0.1) is 0 Å². The average molecular weight is 957 g/mol. The van der Waals surface area contributed by atoms with E-state index in [2.05, 4.69) is 218 Å². The van der Waals surface area contributed by atoms with E-state index in [0.29, 0.717) is 0 Å². The van der Waals surface area contributed by atoms with Crippen LogP contribution < -0.4 is 16.4 Å². The fourth-order valence-electron chi connectivity index (χ4n) is 16.5. The van der Waals surface area contributed by atoms with Crippen molar-refractivity contribution in [1.82, 2.24) is 9.13 Å². The first-order chi connectivity index (χ1) is 35.6. The Kier molecular flexibility index (Phi) is 8.18. The largest absolute Gasteiger partial charge is 0.310 e. The van der Waals surface area contributed by atoms with Gasteiger partial charge in [-0.1, -0.05) is 184 Å². The fraction of sp³-hybridized carbons (Fsp3) is 0.296. The van der Waals surface area contributed by atoms with Gasteiger partial charge in [0.15, 0.2) is 0 Å². The van der Waals surface area contributed by atoms with E-state index in [1.165, 1.54) is 175 Å². The van der Waals surface area contributed by atoms with Gasteiger partial charge in [0.1, 0.15) is 0 Å². The molecule has 0 radical (unpaired) electrons. The van der Waals surface area contributed by atoms with Gasteiger partial charge in [-0.15, -0.1) is 0 Å². The molecule has 0 bridgehead atoms. The highest BCUT2D eigenvalue weighted by atomic mass is 15.1. The van der Waals surface area contributed by atoms with Gasteiger partial charge in [-0.2, -0.15) is 0 Å². The van der Waals surface area contributed by atoms with E-state index >= 15 is 0 Å². The first kappa shape index (κ1) is 43.6. The smallest absolute Gasteiger partial charge is 0.252 e. The summed E-state index contributed by atoms with van der Waals surface area (Å²) in [5.74, 6) is 0. The van der Waals surface area contributed by atoms with Crippen LogP contribution in [0.1, 0.15) is 151 Å². The molecule has 16 rings (SSSR count). The molecule has 1 spiro atoms. The lowest BCUT2D eigenvalue weighted by Gasteiger charge is -2.44. The molecule has 74 heavy (non-hydrogen) atoms. The summed E-state index contributed by atoms with van der Waals surface area (Å²) < 4.78 is 5.58. The Bertz CT molecular complexity index is 4190. The maximum absolute atomic E-state index is 2.79. The van der Waals surface area contributed by atoms with Crippen LogP contribution in [0.15, 0.2) is 140 Å². The molecule has 5 heterocycles. The molecule has 3 aliphatic heterocycles. The average Bonchev–Trinajstić information content (AvgIpc) is 4.24. The van der Waals surface area contributed by atoms with Gasteiger partial charge in [-0.3, -0.25) is 0 Å². The topological polar surface area (TPSA) is 9.86 Å². The van der Waals surface area contributed by atoms with Crippen molar-refractivity contribution in [2.24, 2.45) is 0 Å². The van der Waals surface area contributed by atoms with E-state index in [9.17, 15) is 0 Å². The predicted molar refractivity (Wildman–Crippen MR) is 313 cm³/mol. The van der Waals surface area contributed by atoms with E-state index in [4.69, 9.17) is 0 Å². The second-order valence-corrected chi connectivity index (χ2v) is 26.2. The molecule has 362 valence electrons. The second-order valence-electron chi connectivity index (χ2n) is 26.2. The van der Waals surface area contributed by atoms with E-state index in [1.54, 1.807) is 0 Å². The summed E-state index contributed by atoms with van der Waals surface area (Å²) in [6.07, 6.45) is 6.73. The van der Waals surface area contributed by atoms with Gasteiger partial charge >= 0.3 is 0 Å². The van der Waals surface area contributed by atoms with Crippen molar-refractivity contribution >= 4 is 55.8 Å². The standard InChI is InChI=1S/C71H65BN2/c1-11-40-34-47-48-35-41(12-2)37-58-65(48)74-63(47)56(36-40)71(49-21-15-13-18-44(49)45-19-14-16-22-50(45)71)53-28-29-59-61(66(53)74)72(58)57-23-17-20-46-60(42-24-26-51-54(38-42)69(7,8)32-30-67(51,3)4)62(73(59)64(46)57)43-25-27-52-55(39-43)70(9,10)33-31-68(52,5)6/h13-29,34-39H,11-12,30-33H2,1-10H3. The van der Waals surface area contributed by atoms with Crippen LogP contribution in [-0.2, 0) is 39.9 Å². The number of nitrogens with zero attached hydrogens (tertiary/aromatic N) is 2. The highest BCUT2D eigenvalue weighted by Gasteiger charge is 2.55. The van der Waals surface area contributed by atoms with Crippen LogP contribution in [0.5, 0.6) is 0 Å². The molecule has 0 fully saturated rings. The second kappa shape index (κ2) is 13.9. The Morgan fingerprint density at radius 1 is 0.419 bits per heavy atom. The van der Waals surface area contributed by atoms with E-state index in [0.717, 1.165) is 12.8 Å². The Labute approximate surface area is 437 Å². The number of rotatable bonds is 4. The first-order valence-electron chi connectivity index (χ1n) is 28.1. The van der Waals surface area contributed by atoms with Crippen molar-refractivity contribution in [3.05, 3.63) is 195 Å². The molecule has 0 amide bonds.